The highest BCUT2D eigenvalue weighted by Crippen LogP contribution is 2.30. The molecule has 126 valence electrons. The molecule has 5 nitrogen and oxygen atoms in total. The van der Waals surface area contributed by atoms with Crippen molar-refractivity contribution in [2.45, 2.75) is 44.4 Å². The molecule has 1 aliphatic rings. The number of anilines is 1. The number of rotatable bonds is 4. The lowest BCUT2D eigenvalue weighted by atomic mass is 10.2. The van der Waals surface area contributed by atoms with Crippen LogP contribution in [0.25, 0.3) is 0 Å². The van der Waals surface area contributed by atoms with Gasteiger partial charge in [0.05, 0.1) is 23.8 Å². The van der Waals surface area contributed by atoms with Crippen LogP contribution < -0.4 is 5.32 Å². The van der Waals surface area contributed by atoms with Crippen LogP contribution >= 0.6 is 0 Å². The van der Waals surface area contributed by atoms with Crippen molar-refractivity contribution in [3.8, 4) is 6.07 Å². The molecule has 1 saturated carbocycles. The first kappa shape index (κ1) is 16.3. The van der Waals surface area contributed by atoms with Crippen LogP contribution in [0.15, 0.2) is 24.4 Å². The van der Waals surface area contributed by atoms with Gasteiger partial charge in [0.2, 0.25) is 0 Å². The Labute approximate surface area is 137 Å². The summed E-state index contributed by atoms with van der Waals surface area (Å²) >= 11 is 0. The zero-order valence-electron chi connectivity index (χ0n) is 12.8. The molecule has 1 N–H and O–H groups in total. The van der Waals surface area contributed by atoms with Gasteiger partial charge in [-0.25, -0.2) is 4.98 Å². The Bertz CT molecular complexity index is 754. The van der Waals surface area contributed by atoms with Gasteiger partial charge < -0.3 is 5.32 Å². The van der Waals surface area contributed by atoms with Gasteiger partial charge >= 0.3 is 6.18 Å². The monoisotopic (exact) mass is 335 g/mol. The van der Waals surface area contributed by atoms with Crippen LogP contribution in [0.4, 0.5) is 19.0 Å². The normalized spacial score (nSPS) is 15.4. The Morgan fingerprint density at radius 2 is 2.00 bits per heavy atom. The molecular weight excluding hydrogens is 319 g/mol. The van der Waals surface area contributed by atoms with Crippen molar-refractivity contribution in [2.24, 2.45) is 0 Å². The maximum absolute atomic E-state index is 12.8. The number of hydrogen-bond acceptors (Lipinski definition) is 4. The molecule has 1 aliphatic carbocycles. The Kier molecular flexibility index (Phi) is 4.42. The van der Waals surface area contributed by atoms with Gasteiger partial charge in [0.15, 0.2) is 0 Å². The van der Waals surface area contributed by atoms with Crippen molar-refractivity contribution in [3.63, 3.8) is 0 Å². The molecule has 8 heteroatoms. The van der Waals surface area contributed by atoms with Gasteiger partial charge in [-0.15, -0.1) is 0 Å². The third-order valence-electron chi connectivity index (χ3n) is 4.11. The highest BCUT2D eigenvalue weighted by atomic mass is 19.4. The summed E-state index contributed by atoms with van der Waals surface area (Å²) in [6.07, 6.45) is 1.92. The van der Waals surface area contributed by atoms with E-state index in [1.807, 2.05) is 23.0 Å². The number of alkyl halides is 3. The number of nitriles is 1. The molecule has 2 aromatic heterocycles. The Balaban J connectivity index is 1.73. The number of aromatic nitrogens is 3. The van der Waals surface area contributed by atoms with E-state index >= 15 is 0 Å². The van der Waals surface area contributed by atoms with Crippen LogP contribution in [-0.2, 0) is 12.7 Å². The summed E-state index contributed by atoms with van der Waals surface area (Å²) in [5, 5.41) is 16.3. The second-order valence-electron chi connectivity index (χ2n) is 5.78. The molecule has 0 aromatic carbocycles. The zero-order chi connectivity index (χ0) is 17.2. The quantitative estimate of drug-likeness (QED) is 0.920. The average molecular weight is 335 g/mol. The van der Waals surface area contributed by atoms with Crippen molar-refractivity contribution in [2.75, 3.05) is 5.32 Å². The van der Waals surface area contributed by atoms with Crippen molar-refractivity contribution in [3.05, 3.63) is 41.3 Å². The third-order valence-corrected chi connectivity index (χ3v) is 4.11. The first-order chi connectivity index (χ1) is 11.5. The van der Waals surface area contributed by atoms with Crippen molar-refractivity contribution >= 4 is 5.82 Å². The van der Waals surface area contributed by atoms with Crippen LogP contribution in [-0.4, -0.2) is 14.8 Å². The first-order valence-corrected chi connectivity index (χ1v) is 7.73. The maximum atomic E-state index is 12.8. The Morgan fingerprint density at radius 1 is 1.25 bits per heavy atom. The van der Waals surface area contributed by atoms with E-state index in [0.29, 0.717) is 11.7 Å². The van der Waals surface area contributed by atoms with E-state index < -0.39 is 11.9 Å². The minimum atomic E-state index is -4.55. The van der Waals surface area contributed by atoms with Crippen molar-refractivity contribution in [1.82, 2.24) is 14.8 Å². The molecule has 0 spiro atoms. The van der Waals surface area contributed by atoms with E-state index in [9.17, 15) is 13.2 Å². The summed E-state index contributed by atoms with van der Waals surface area (Å²) < 4.78 is 40.2. The molecule has 0 amide bonds. The molecule has 24 heavy (non-hydrogen) atoms. The minimum absolute atomic E-state index is 0.0678. The predicted molar refractivity (Wildman–Crippen MR) is 81.0 cm³/mol. The summed E-state index contributed by atoms with van der Waals surface area (Å²) in [6, 6.07) is 5.99. The lowest BCUT2D eigenvalue weighted by Gasteiger charge is -2.11. The number of halogens is 3. The third kappa shape index (κ3) is 3.50. The zero-order valence-corrected chi connectivity index (χ0v) is 12.8. The number of nitrogens with one attached hydrogen (secondary N) is 1. The fourth-order valence-corrected chi connectivity index (χ4v) is 2.86. The van der Waals surface area contributed by atoms with Gasteiger partial charge in [-0.1, -0.05) is 12.8 Å². The van der Waals surface area contributed by atoms with E-state index in [4.69, 9.17) is 5.26 Å². The van der Waals surface area contributed by atoms with E-state index in [-0.39, 0.29) is 17.9 Å². The van der Waals surface area contributed by atoms with Crippen molar-refractivity contribution < 1.29 is 13.2 Å². The predicted octanol–water partition coefficient (Wildman–Crippen LogP) is 3.90. The van der Waals surface area contributed by atoms with Crippen molar-refractivity contribution in [1.29, 1.82) is 5.26 Å². The van der Waals surface area contributed by atoms with Gasteiger partial charge in [0.25, 0.3) is 0 Å². The second-order valence-corrected chi connectivity index (χ2v) is 5.78. The summed E-state index contributed by atoms with van der Waals surface area (Å²) in [5.41, 5.74) is -0.260. The molecule has 1 fully saturated rings. The van der Waals surface area contributed by atoms with Crippen LogP contribution in [0.5, 0.6) is 0 Å². The van der Waals surface area contributed by atoms with Gasteiger partial charge in [0, 0.05) is 6.20 Å². The van der Waals surface area contributed by atoms with Crippen LogP contribution in [0.2, 0.25) is 0 Å². The molecule has 0 radical (unpaired) electrons. The van der Waals surface area contributed by atoms with E-state index in [1.54, 1.807) is 0 Å². The number of nitrogens with zero attached hydrogens (tertiary/aromatic N) is 4. The summed E-state index contributed by atoms with van der Waals surface area (Å²) in [5.74, 6) is -0.0808. The molecule has 0 bridgehead atoms. The molecule has 3 rings (SSSR count). The largest absolute Gasteiger partial charge is 0.433 e. The number of hydrogen-bond donors (Lipinski definition) is 1. The van der Waals surface area contributed by atoms with Gasteiger partial charge in [-0.05, 0) is 31.0 Å². The molecule has 2 heterocycles. The number of pyridine rings is 1. The van der Waals surface area contributed by atoms with Gasteiger partial charge in [-0.2, -0.15) is 23.5 Å². The van der Waals surface area contributed by atoms with E-state index in [0.717, 1.165) is 25.0 Å². The first-order valence-electron chi connectivity index (χ1n) is 7.73. The Morgan fingerprint density at radius 3 is 2.67 bits per heavy atom. The molecule has 0 aliphatic heterocycles. The Hall–Kier alpha value is -2.56. The molecule has 2 aromatic rings. The summed E-state index contributed by atoms with van der Waals surface area (Å²) in [4.78, 5) is 3.52. The second kappa shape index (κ2) is 6.51. The average Bonchev–Trinajstić information content (AvgIpc) is 3.22. The SMILES string of the molecule is N#Cc1ccc(C(F)(F)F)nc1NCc1ccn(C2CCCC2)n1. The summed E-state index contributed by atoms with van der Waals surface area (Å²) in [6.45, 7) is 0.211. The maximum Gasteiger partial charge on any atom is 0.433 e. The molecule has 0 atom stereocenters. The van der Waals surface area contributed by atoms with E-state index in [2.05, 4.69) is 15.4 Å². The standard InChI is InChI=1S/C16H16F3N5/c17-16(18,19)14-6-5-11(9-20)15(22-14)21-10-12-7-8-24(23-12)13-3-1-2-4-13/h5-8,13H,1-4,10H2,(H,21,22). The van der Waals surface area contributed by atoms with Crippen LogP contribution in [0.1, 0.15) is 48.7 Å². The van der Waals surface area contributed by atoms with Crippen LogP contribution in [0.3, 0.4) is 0 Å². The topological polar surface area (TPSA) is 66.5 Å². The van der Waals surface area contributed by atoms with Crippen LogP contribution in [0, 0.1) is 11.3 Å². The summed E-state index contributed by atoms with van der Waals surface area (Å²) in [7, 11) is 0. The molecule has 0 saturated heterocycles. The molecule has 0 unspecified atom stereocenters. The van der Waals surface area contributed by atoms with Gasteiger partial charge in [0.1, 0.15) is 17.6 Å². The molecular formula is C16H16F3N5. The highest BCUT2D eigenvalue weighted by Gasteiger charge is 2.33. The lowest BCUT2D eigenvalue weighted by molar-refractivity contribution is -0.141. The van der Waals surface area contributed by atoms with Gasteiger partial charge in [-0.3, -0.25) is 4.68 Å². The lowest BCUT2D eigenvalue weighted by Crippen LogP contribution is -2.12. The fourth-order valence-electron chi connectivity index (χ4n) is 2.86. The van der Waals surface area contributed by atoms with E-state index in [1.165, 1.54) is 12.8 Å². The highest BCUT2D eigenvalue weighted by molar-refractivity contribution is 5.52. The fraction of sp³-hybridized carbons (Fsp3) is 0.438. The smallest absolute Gasteiger partial charge is 0.363 e. The minimum Gasteiger partial charge on any atom is -0.363 e.